The average molecular weight is 733 g/mol. The lowest BCUT2D eigenvalue weighted by molar-refractivity contribution is -0.0250. The van der Waals surface area contributed by atoms with Gasteiger partial charge in [0, 0.05) is 77.3 Å². The molecule has 2 atom stereocenters. The zero-order valence-electron chi connectivity index (χ0n) is 33.2. The SMILES string of the molecule is CN1CCN(CC(c2cccc3ccccc23)C2(O)CCCCCCC2)CC1.OC1(C(CN2CCNCC2)c2cccc3ccccc23)CCCCCC1. The van der Waals surface area contributed by atoms with Crippen LogP contribution in [0.3, 0.4) is 0 Å². The zero-order chi connectivity index (χ0) is 37.2. The van der Waals surface area contributed by atoms with E-state index in [1.54, 1.807) is 0 Å². The van der Waals surface area contributed by atoms with Crippen molar-refractivity contribution in [2.75, 3.05) is 72.5 Å². The van der Waals surface area contributed by atoms with E-state index in [0.717, 1.165) is 117 Å². The summed E-state index contributed by atoms with van der Waals surface area (Å²) < 4.78 is 0. The van der Waals surface area contributed by atoms with Crippen LogP contribution in [0.5, 0.6) is 0 Å². The molecular weight excluding hydrogens is 665 g/mol. The molecule has 8 rings (SSSR count). The summed E-state index contributed by atoms with van der Waals surface area (Å²) in [6, 6.07) is 30.7. The lowest BCUT2D eigenvalue weighted by Crippen LogP contribution is -2.49. The monoisotopic (exact) mass is 733 g/mol. The van der Waals surface area contributed by atoms with Crippen LogP contribution in [0.15, 0.2) is 84.9 Å². The summed E-state index contributed by atoms with van der Waals surface area (Å²) in [7, 11) is 2.21. The third-order valence-corrected chi connectivity index (χ3v) is 13.6. The van der Waals surface area contributed by atoms with E-state index in [4.69, 9.17) is 0 Å². The summed E-state index contributed by atoms with van der Waals surface area (Å²) in [5, 5.41) is 32.5. The number of rotatable bonds is 8. The molecule has 2 heterocycles. The van der Waals surface area contributed by atoms with Gasteiger partial charge in [0.2, 0.25) is 0 Å². The molecule has 54 heavy (non-hydrogen) atoms. The van der Waals surface area contributed by atoms with Gasteiger partial charge in [0.05, 0.1) is 11.2 Å². The fourth-order valence-electron chi connectivity index (χ4n) is 10.2. The summed E-state index contributed by atoms with van der Waals surface area (Å²) >= 11 is 0. The van der Waals surface area contributed by atoms with Crippen molar-refractivity contribution in [3.8, 4) is 0 Å². The molecule has 4 aromatic carbocycles. The summed E-state index contributed by atoms with van der Waals surface area (Å²) in [4.78, 5) is 7.54. The summed E-state index contributed by atoms with van der Waals surface area (Å²) in [5.41, 5.74) is 1.52. The smallest absolute Gasteiger partial charge is 0.0728 e. The number of aliphatic hydroxyl groups is 2. The predicted octanol–water partition coefficient (Wildman–Crippen LogP) is 8.56. The first kappa shape index (κ1) is 39.4. The van der Waals surface area contributed by atoms with Crippen LogP contribution in [0.4, 0.5) is 0 Å². The third-order valence-electron chi connectivity index (χ3n) is 13.6. The van der Waals surface area contributed by atoms with Gasteiger partial charge in [-0.15, -0.1) is 0 Å². The van der Waals surface area contributed by atoms with Crippen molar-refractivity contribution < 1.29 is 10.2 Å². The van der Waals surface area contributed by atoms with Crippen LogP contribution in [-0.4, -0.2) is 109 Å². The fourth-order valence-corrected chi connectivity index (χ4v) is 10.2. The van der Waals surface area contributed by atoms with Crippen molar-refractivity contribution in [1.82, 2.24) is 20.0 Å². The van der Waals surface area contributed by atoms with Gasteiger partial charge < -0.3 is 30.2 Å². The Morgan fingerprint density at radius 1 is 0.500 bits per heavy atom. The Hall–Kier alpha value is -2.84. The molecular formula is C48H68N4O2. The summed E-state index contributed by atoms with van der Waals surface area (Å²) in [6.07, 6.45) is 14.7. The van der Waals surface area contributed by atoms with Crippen LogP contribution in [0.1, 0.15) is 106 Å². The molecule has 2 aliphatic carbocycles. The Balaban J connectivity index is 0.000000167. The van der Waals surface area contributed by atoms with Gasteiger partial charge in [-0.3, -0.25) is 0 Å². The van der Waals surface area contributed by atoms with E-state index in [-0.39, 0.29) is 11.8 Å². The Morgan fingerprint density at radius 2 is 0.889 bits per heavy atom. The van der Waals surface area contributed by atoms with Crippen LogP contribution >= 0.6 is 0 Å². The fraction of sp³-hybridized carbons (Fsp3) is 0.583. The number of hydrogen-bond acceptors (Lipinski definition) is 6. The Morgan fingerprint density at radius 3 is 1.35 bits per heavy atom. The number of piperazine rings is 2. The molecule has 0 bridgehead atoms. The molecule has 2 aliphatic heterocycles. The molecule has 4 aliphatic rings. The Labute approximate surface area is 325 Å². The van der Waals surface area contributed by atoms with Crippen molar-refractivity contribution >= 4 is 21.5 Å². The molecule has 4 aromatic rings. The maximum Gasteiger partial charge on any atom is 0.0728 e. The molecule has 6 heteroatoms. The van der Waals surface area contributed by atoms with Crippen molar-refractivity contribution in [1.29, 1.82) is 0 Å². The van der Waals surface area contributed by atoms with Crippen LogP contribution < -0.4 is 5.32 Å². The Bertz CT molecular complexity index is 1720. The second kappa shape index (κ2) is 18.9. The van der Waals surface area contributed by atoms with E-state index in [1.807, 2.05) is 0 Å². The molecule has 6 nitrogen and oxygen atoms in total. The van der Waals surface area contributed by atoms with E-state index in [0.29, 0.717) is 0 Å². The van der Waals surface area contributed by atoms with Gasteiger partial charge in [-0.25, -0.2) is 0 Å². The molecule has 292 valence electrons. The maximum absolute atomic E-state index is 12.0. The highest BCUT2D eigenvalue weighted by Gasteiger charge is 2.41. The van der Waals surface area contributed by atoms with Crippen molar-refractivity contribution in [3.63, 3.8) is 0 Å². The number of likely N-dealkylation sites (N-methyl/N-ethyl adjacent to an activating group) is 1. The molecule has 2 saturated heterocycles. The van der Waals surface area contributed by atoms with Gasteiger partial charge in [0.25, 0.3) is 0 Å². The minimum absolute atomic E-state index is 0.181. The number of fused-ring (bicyclic) bond motifs is 2. The Kier molecular flexibility index (Phi) is 13.8. The lowest BCUT2D eigenvalue weighted by Gasteiger charge is -2.42. The second-order valence-electron chi connectivity index (χ2n) is 17.3. The normalized spacial score (nSPS) is 23.0. The molecule has 0 radical (unpaired) electrons. The van der Waals surface area contributed by atoms with Crippen LogP contribution in [-0.2, 0) is 0 Å². The predicted molar refractivity (Wildman–Crippen MR) is 227 cm³/mol. The van der Waals surface area contributed by atoms with Gasteiger partial charge in [-0.2, -0.15) is 0 Å². The third kappa shape index (κ3) is 9.75. The van der Waals surface area contributed by atoms with Gasteiger partial charge >= 0.3 is 0 Å². The summed E-state index contributed by atoms with van der Waals surface area (Å²) in [5.74, 6) is 0.366. The summed E-state index contributed by atoms with van der Waals surface area (Å²) in [6.45, 7) is 10.7. The van der Waals surface area contributed by atoms with E-state index in [1.165, 1.54) is 64.8 Å². The zero-order valence-corrected chi connectivity index (χ0v) is 33.2. The highest BCUT2D eigenvalue weighted by atomic mass is 16.3. The highest BCUT2D eigenvalue weighted by Crippen LogP contribution is 2.43. The average Bonchev–Trinajstić information content (AvgIpc) is 3.43. The largest absolute Gasteiger partial charge is 0.389 e. The van der Waals surface area contributed by atoms with Crippen molar-refractivity contribution in [2.24, 2.45) is 0 Å². The van der Waals surface area contributed by atoms with Crippen molar-refractivity contribution in [2.45, 2.75) is 107 Å². The van der Waals surface area contributed by atoms with Gasteiger partial charge in [0.15, 0.2) is 0 Å². The standard InChI is InChI=1S/C25H36N2O.C23H32N2O/c1-26-16-18-27(19-17-26)20-24(25(28)14-7-3-2-4-8-15-25)23-13-9-11-21-10-5-6-12-22(21)23;26-23(12-5-1-2-6-13-23)22(18-25-16-14-24-15-17-25)21-11-7-9-19-8-3-4-10-20(19)21/h5-6,9-13,24,28H,2-4,7-8,14-20H2,1H3;3-4,7-11,22,24,26H,1-2,5-6,12-18H2. The first-order valence-electron chi connectivity index (χ1n) is 21.7. The molecule has 3 N–H and O–H groups in total. The number of nitrogens with zero attached hydrogens (tertiary/aromatic N) is 3. The number of hydrogen-bond donors (Lipinski definition) is 3. The van der Waals surface area contributed by atoms with E-state index < -0.39 is 11.2 Å². The minimum atomic E-state index is -0.589. The second-order valence-corrected chi connectivity index (χ2v) is 17.3. The molecule has 0 amide bonds. The van der Waals surface area contributed by atoms with Crippen molar-refractivity contribution in [3.05, 3.63) is 96.1 Å². The van der Waals surface area contributed by atoms with E-state index >= 15 is 0 Å². The molecule has 0 aromatic heterocycles. The first-order valence-corrected chi connectivity index (χ1v) is 21.7. The molecule has 2 saturated carbocycles. The van der Waals surface area contributed by atoms with E-state index in [9.17, 15) is 10.2 Å². The maximum atomic E-state index is 12.0. The van der Waals surface area contributed by atoms with Crippen LogP contribution in [0, 0.1) is 0 Å². The quantitative estimate of drug-likeness (QED) is 0.158. The number of nitrogens with one attached hydrogen (secondary N) is 1. The van der Waals surface area contributed by atoms with Crippen LogP contribution in [0.2, 0.25) is 0 Å². The molecule has 4 fully saturated rings. The van der Waals surface area contributed by atoms with Gasteiger partial charge in [-0.1, -0.05) is 143 Å². The molecule has 2 unspecified atom stereocenters. The molecule has 0 spiro atoms. The van der Waals surface area contributed by atoms with Crippen LogP contribution in [0.25, 0.3) is 21.5 Å². The lowest BCUT2D eigenvalue weighted by atomic mass is 9.73. The minimum Gasteiger partial charge on any atom is -0.389 e. The number of benzene rings is 4. The van der Waals surface area contributed by atoms with E-state index in [2.05, 4.69) is 112 Å². The topological polar surface area (TPSA) is 62.2 Å². The first-order chi connectivity index (χ1) is 26.4. The van der Waals surface area contributed by atoms with Gasteiger partial charge in [0.1, 0.15) is 0 Å². The van der Waals surface area contributed by atoms with Gasteiger partial charge in [-0.05, 0) is 65.4 Å². The highest BCUT2D eigenvalue weighted by molar-refractivity contribution is 5.87.